The minimum atomic E-state index is 0.286. The van der Waals surface area contributed by atoms with Crippen LogP contribution in [0.25, 0.3) is 0 Å². The van der Waals surface area contributed by atoms with Crippen molar-refractivity contribution in [3.63, 3.8) is 0 Å². The molecule has 1 nitrogen and oxygen atoms in total. The van der Waals surface area contributed by atoms with Gasteiger partial charge < -0.3 is 0 Å². The number of aldehydes is 1. The monoisotopic (exact) mass is 312 g/mol. The molecule has 1 heteroatoms. The minimum Gasteiger partial charge on any atom is -0.298 e. The fourth-order valence-electron chi connectivity index (χ4n) is 3.19. The molecule has 1 rings (SSSR count). The van der Waals surface area contributed by atoms with Crippen molar-refractivity contribution in [2.45, 2.75) is 67.2 Å². The van der Waals surface area contributed by atoms with E-state index in [1.807, 2.05) is 26.0 Å². The molecule has 0 heterocycles. The van der Waals surface area contributed by atoms with E-state index in [4.69, 9.17) is 0 Å². The second-order valence-corrected chi connectivity index (χ2v) is 7.21. The molecule has 0 aromatic rings. The molecule has 0 aromatic carbocycles. The normalized spacial score (nSPS) is 20.3. The van der Waals surface area contributed by atoms with E-state index in [0.717, 1.165) is 23.9 Å². The number of carbonyl (C=O) groups is 1. The highest BCUT2D eigenvalue weighted by Gasteiger charge is 2.26. The molecule has 0 bridgehead atoms. The third kappa shape index (κ3) is 5.82. The van der Waals surface area contributed by atoms with Gasteiger partial charge in [0.1, 0.15) is 6.29 Å². The zero-order chi connectivity index (χ0) is 17.5. The lowest BCUT2D eigenvalue weighted by Gasteiger charge is -2.32. The van der Waals surface area contributed by atoms with Gasteiger partial charge in [-0.3, -0.25) is 4.79 Å². The molecule has 0 N–H and O–H groups in total. The Hall–Kier alpha value is -1.63. The van der Waals surface area contributed by atoms with Crippen LogP contribution in [0, 0.1) is 5.41 Å². The van der Waals surface area contributed by atoms with Crippen molar-refractivity contribution in [2.75, 3.05) is 0 Å². The van der Waals surface area contributed by atoms with Crippen molar-refractivity contribution >= 4 is 6.29 Å². The van der Waals surface area contributed by atoms with Gasteiger partial charge in [0.05, 0.1) is 0 Å². The second kappa shape index (κ2) is 8.86. The van der Waals surface area contributed by atoms with Crippen molar-refractivity contribution in [3.05, 3.63) is 58.2 Å². The van der Waals surface area contributed by atoms with Crippen molar-refractivity contribution in [1.82, 2.24) is 0 Å². The lowest BCUT2D eigenvalue weighted by molar-refractivity contribution is -0.105. The molecule has 0 unspecified atom stereocenters. The van der Waals surface area contributed by atoms with Crippen LogP contribution in [-0.4, -0.2) is 6.29 Å². The van der Waals surface area contributed by atoms with Gasteiger partial charge in [-0.05, 0) is 68.6 Å². The molecule has 0 saturated heterocycles. The molecule has 0 radical (unpaired) electrons. The van der Waals surface area contributed by atoms with E-state index in [2.05, 4.69) is 45.9 Å². The summed E-state index contributed by atoms with van der Waals surface area (Å²) in [6.45, 7) is 13.1. The average molecular weight is 312 g/mol. The van der Waals surface area contributed by atoms with Crippen LogP contribution < -0.4 is 0 Å². The van der Waals surface area contributed by atoms with E-state index in [1.54, 1.807) is 0 Å². The molecular weight excluding hydrogens is 280 g/mol. The maximum atomic E-state index is 10.9. The maximum absolute atomic E-state index is 10.9. The van der Waals surface area contributed by atoms with Gasteiger partial charge in [0, 0.05) is 0 Å². The Labute approximate surface area is 142 Å². The first-order valence-corrected chi connectivity index (χ1v) is 8.70. The fourth-order valence-corrected chi connectivity index (χ4v) is 3.19. The largest absolute Gasteiger partial charge is 0.298 e. The molecule has 1 aliphatic rings. The molecule has 0 spiro atoms. The van der Waals surface area contributed by atoms with Gasteiger partial charge in [-0.1, -0.05) is 62.3 Å². The molecule has 0 aromatic heterocycles. The number of hydrogen-bond acceptors (Lipinski definition) is 1. The highest BCUT2D eigenvalue weighted by atomic mass is 16.1. The van der Waals surface area contributed by atoms with Gasteiger partial charge >= 0.3 is 0 Å². The minimum absolute atomic E-state index is 0.286. The van der Waals surface area contributed by atoms with Crippen LogP contribution >= 0.6 is 0 Å². The Bertz CT molecular complexity index is 577. The van der Waals surface area contributed by atoms with Crippen LogP contribution in [0.2, 0.25) is 0 Å². The Balaban J connectivity index is 2.85. The Kier molecular flexibility index (Phi) is 7.48. The van der Waals surface area contributed by atoms with Crippen LogP contribution in [0.1, 0.15) is 67.2 Å². The third-order valence-electron chi connectivity index (χ3n) is 4.79. The number of rotatable bonds is 6. The lowest BCUT2D eigenvalue weighted by atomic mass is 9.72. The predicted octanol–water partition coefficient (Wildman–Crippen LogP) is 6.50. The molecular formula is C22H32O. The molecule has 0 atom stereocenters. The first kappa shape index (κ1) is 19.4. The first-order valence-electron chi connectivity index (χ1n) is 8.70. The van der Waals surface area contributed by atoms with Crippen molar-refractivity contribution in [2.24, 2.45) is 5.41 Å². The van der Waals surface area contributed by atoms with Gasteiger partial charge in [0.15, 0.2) is 0 Å². The smallest absolute Gasteiger partial charge is 0.146 e. The van der Waals surface area contributed by atoms with Crippen LogP contribution in [0.4, 0.5) is 0 Å². The summed E-state index contributed by atoms with van der Waals surface area (Å²) in [6, 6.07) is 0. The van der Waals surface area contributed by atoms with Crippen molar-refractivity contribution < 1.29 is 4.79 Å². The summed E-state index contributed by atoms with van der Waals surface area (Å²) in [5.41, 5.74) is 6.44. The summed E-state index contributed by atoms with van der Waals surface area (Å²) in [6.07, 6.45) is 16.2. The zero-order valence-corrected chi connectivity index (χ0v) is 15.7. The quantitative estimate of drug-likeness (QED) is 0.311. The van der Waals surface area contributed by atoms with E-state index in [0.29, 0.717) is 0 Å². The summed E-state index contributed by atoms with van der Waals surface area (Å²) in [7, 11) is 0. The van der Waals surface area contributed by atoms with Crippen LogP contribution in [-0.2, 0) is 4.79 Å². The highest BCUT2D eigenvalue weighted by Crippen LogP contribution is 2.40. The van der Waals surface area contributed by atoms with Crippen LogP contribution in [0.15, 0.2) is 58.2 Å². The molecule has 1 aliphatic carbocycles. The van der Waals surface area contributed by atoms with Gasteiger partial charge in [-0.2, -0.15) is 0 Å². The van der Waals surface area contributed by atoms with E-state index in [9.17, 15) is 4.79 Å². The topological polar surface area (TPSA) is 17.1 Å². The Morgan fingerprint density at radius 2 is 1.91 bits per heavy atom. The second-order valence-electron chi connectivity index (χ2n) is 7.21. The summed E-state index contributed by atoms with van der Waals surface area (Å²) < 4.78 is 0. The van der Waals surface area contributed by atoms with Crippen molar-refractivity contribution in [1.29, 1.82) is 0 Å². The Morgan fingerprint density at radius 3 is 2.48 bits per heavy atom. The summed E-state index contributed by atoms with van der Waals surface area (Å²) in [5.74, 6) is 0. The molecule has 23 heavy (non-hydrogen) atoms. The summed E-state index contributed by atoms with van der Waals surface area (Å²) in [4.78, 5) is 10.9. The van der Waals surface area contributed by atoms with E-state index >= 15 is 0 Å². The van der Waals surface area contributed by atoms with Crippen LogP contribution in [0.3, 0.4) is 0 Å². The molecule has 0 fully saturated rings. The van der Waals surface area contributed by atoms with Crippen molar-refractivity contribution in [3.8, 4) is 0 Å². The zero-order valence-electron chi connectivity index (χ0n) is 15.7. The number of carbonyl (C=O) groups excluding carboxylic acids is 1. The van der Waals surface area contributed by atoms with E-state index < -0.39 is 0 Å². The predicted molar refractivity (Wildman–Crippen MR) is 101 cm³/mol. The Morgan fingerprint density at radius 1 is 1.22 bits per heavy atom. The van der Waals surface area contributed by atoms with Gasteiger partial charge in [-0.15, -0.1) is 0 Å². The maximum Gasteiger partial charge on any atom is 0.146 e. The fraction of sp³-hybridized carbons (Fsp3) is 0.500. The average Bonchev–Trinajstić information content (AvgIpc) is 2.47. The number of hydrogen-bond donors (Lipinski definition) is 0. The molecule has 0 saturated carbocycles. The summed E-state index contributed by atoms with van der Waals surface area (Å²) >= 11 is 0. The van der Waals surface area contributed by atoms with E-state index in [1.165, 1.54) is 36.0 Å². The SMILES string of the molecule is CC/C(C=O)=C(C)/C=C/C=C(C)/C=C/C1=C(C)CCCC1(C)C. The van der Waals surface area contributed by atoms with Gasteiger partial charge in [0.25, 0.3) is 0 Å². The first-order chi connectivity index (χ1) is 10.8. The summed E-state index contributed by atoms with van der Waals surface area (Å²) in [5, 5.41) is 0. The molecule has 126 valence electrons. The van der Waals surface area contributed by atoms with Crippen LogP contribution in [0.5, 0.6) is 0 Å². The van der Waals surface area contributed by atoms with E-state index in [-0.39, 0.29) is 5.41 Å². The molecule has 0 amide bonds. The highest BCUT2D eigenvalue weighted by molar-refractivity contribution is 5.75. The van der Waals surface area contributed by atoms with Gasteiger partial charge in [0.2, 0.25) is 0 Å². The standard InChI is InChI=1S/C22H32O/c1-7-20(16-23)18(3)11-8-10-17(2)13-14-21-19(4)12-9-15-22(21,5)6/h8,10-11,13-14,16H,7,9,12,15H2,1-6H3/b11-8+,14-13+,17-10+,20-18-. The van der Waals surface area contributed by atoms with Gasteiger partial charge in [-0.25, -0.2) is 0 Å². The number of allylic oxidation sites excluding steroid dienone is 10. The molecule has 0 aliphatic heterocycles. The third-order valence-corrected chi connectivity index (χ3v) is 4.79. The lowest BCUT2D eigenvalue weighted by Crippen LogP contribution is -2.19.